The van der Waals surface area contributed by atoms with Crippen molar-refractivity contribution in [3.8, 4) is 0 Å². The number of ether oxygens (including phenoxy) is 3. The smallest absolute Gasteiger partial charge is 0.462 e. The number of unbranched alkanes of at least 4 members (excludes halogenated alkanes) is 12. The standard InChI is InChI=1S/C50H81N3O16P2/c1-3-5-7-9-11-12-13-14-15-16-17-18-23-27-31-35-46(56)67-42(38-64-45(55)34-30-26-22-20-19-21-25-29-33-41(54)32-28-24-10-8-6-4-2)39-65-70(60,61)69-71(62,63)66-40-43-47(57)48(58)49(68-43)53-37-36-44(51)52-50(53)59/h6,8,14-15,20-22,24-25,28-29,33,36-37,41-43,47-49,54,57-58H,3-5,7,9-13,16-19,23,26-27,30-32,34-35,38-40H2,1-2H3,(H,60,61)(H,62,63)(H2,51,52,59)/b8-6-,15-14-,22-20-,25-21-,28-24-,33-29+/t41?,42-,43-,47-,48-,49-/m1/s1. The van der Waals surface area contributed by atoms with Gasteiger partial charge in [0.25, 0.3) is 0 Å². The molecule has 7 N–H and O–H groups in total. The first-order valence-corrected chi connectivity index (χ1v) is 28.0. The molecule has 1 saturated heterocycles. The van der Waals surface area contributed by atoms with Gasteiger partial charge in [-0.15, -0.1) is 0 Å². The quantitative estimate of drug-likeness (QED) is 0.0117. The van der Waals surface area contributed by atoms with Crippen molar-refractivity contribution in [3.63, 3.8) is 0 Å². The molecule has 3 unspecified atom stereocenters. The maximum atomic E-state index is 12.8. The summed E-state index contributed by atoms with van der Waals surface area (Å²) in [4.78, 5) is 61.9. The van der Waals surface area contributed by atoms with Gasteiger partial charge in [-0.1, -0.05) is 138 Å². The lowest BCUT2D eigenvalue weighted by Crippen LogP contribution is -2.36. The Labute approximate surface area is 419 Å². The topological polar surface area (TPSA) is 286 Å². The van der Waals surface area contributed by atoms with E-state index in [1.807, 2.05) is 36.5 Å². The van der Waals surface area contributed by atoms with Gasteiger partial charge in [0, 0.05) is 19.0 Å². The van der Waals surface area contributed by atoms with Crippen LogP contribution in [-0.2, 0) is 46.3 Å². The van der Waals surface area contributed by atoms with Crippen molar-refractivity contribution in [2.45, 2.75) is 185 Å². The number of anilines is 1. The minimum atomic E-state index is -5.45. The van der Waals surface area contributed by atoms with Crippen molar-refractivity contribution < 1.29 is 71.4 Å². The molecule has 402 valence electrons. The second kappa shape index (κ2) is 37.8. The van der Waals surface area contributed by atoms with Crippen LogP contribution in [-0.4, -0.2) is 96.9 Å². The molecule has 1 aromatic heterocycles. The number of rotatable bonds is 40. The molecule has 0 radical (unpaired) electrons. The molecule has 1 fully saturated rings. The highest BCUT2D eigenvalue weighted by atomic mass is 31.3. The molecule has 0 bridgehead atoms. The van der Waals surface area contributed by atoms with Crippen LogP contribution in [0.25, 0.3) is 0 Å². The number of allylic oxidation sites excluding steroid dienone is 10. The second-order valence-electron chi connectivity index (χ2n) is 17.1. The zero-order valence-corrected chi connectivity index (χ0v) is 43.4. The summed E-state index contributed by atoms with van der Waals surface area (Å²) in [7, 11) is -10.9. The molecule has 1 aliphatic heterocycles. The van der Waals surface area contributed by atoms with Crippen LogP contribution in [0.5, 0.6) is 0 Å². The third kappa shape index (κ3) is 30.7. The number of carbonyl (C=O) groups excluding carboxylic acids is 2. The average Bonchev–Trinajstić information content (AvgIpc) is 3.60. The van der Waals surface area contributed by atoms with E-state index in [1.54, 1.807) is 12.2 Å². The van der Waals surface area contributed by atoms with E-state index in [-0.39, 0.29) is 18.7 Å². The predicted molar refractivity (Wildman–Crippen MR) is 271 cm³/mol. The minimum absolute atomic E-state index is 0.0119. The molecular formula is C50H81N3O16P2. The summed E-state index contributed by atoms with van der Waals surface area (Å²) >= 11 is 0. The molecule has 8 atom stereocenters. The molecule has 0 saturated carbocycles. The average molecular weight is 1040 g/mol. The van der Waals surface area contributed by atoms with Crippen molar-refractivity contribution in [1.82, 2.24) is 9.55 Å². The summed E-state index contributed by atoms with van der Waals surface area (Å²) in [6.07, 6.45) is 34.5. The Balaban J connectivity index is 1.85. The van der Waals surface area contributed by atoms with Crippen LogP contribution in [0.3, 0.4) is 0 Å². The normalized spacial score (nSPS) is 20.2. The Morgan fingerprint density at radius 1 is 0.761 bits per heavy atom. The van der Waals surface area contributed by atoms with E-state index in [2.05, 4.69) is 47.4 Å². The van der Waals surface area contributed by atoms with Gasteiger partial charge in [-0.05, 0) is 76.7 Å². The first kappa shape index (κ1) is 63.3. The largest absolute Gasteiger partial charge is 0.481 e. The molecule has 71 heavy (non-hydrogen) atoms. The molecule has 2 rings (SSSR count). The lowest BCUT2D eigenvalue weighted by molar-refractivity contribution is -0.161. The molecule has 0 aliphatic carbocycles. The van der Waals surface area contributed by atoms with Gasteiger partial charge in [-0.3, -0.25) is 23.2 Å². The number of nitrogen functional groups attached to an aromatic ring is 1. The van der Waals surface area contributed by atoms with Crippen molar-refractivity contribution in [3.05, 3.63) is 95.7 Å². The second-order valence-corrected chi connectivity index (χ2v) is 20.2. The minimum Gasteiger partial charge on any atom is -0.462 e. The lowest BCUT2D eigenvalue weighted by Gasteiger charge is -2.21. The van der Waals surface area contributed by atoms with Crippen LogP contribution in [0.1, 0.15) is 155 Å². The van der Waals surface area contributed by atoms with Crippen LogP contribution >= 0.6 is 15.6 Å². The zero-order chi connectivity index (χ0) is 52.2. The number of aromatic nitrogens is 2. The first-order valence-electron chi connectivity index (χ1n) is 25.1. The van der Waals surface area contributed by atoms with Gasteiger partial charge in [0.05, 0.1) is 19.3 Å². The van der Waals surface area contributed by atoms with Crippen molar-refractivity contribution >= 4 is 33.4 Å². The Bertz CT molecular complexity index is 1990. The summed E-state index contributed by atoms with van der Waals surface area (Å²) in [5.41, 5.74) is 4.57. The fourth-order valence-electron chi connectivity index (χ4n) is 6.96. The number of esters is 2. The van der Waals surface area contributed by atoms with Crippen molar-refractivity contribution in [2.24, 2.45) is 0 Å². The Morgan fingerprint density at radius 2 is 1.37 bits per heavy atom. The van der Waals surface area contributed by atoms with Gasteiger partial charge < -0.3 is 45.1 Å². The van der Waals surface area contributed by atoms with Gasteiger partial charge in [-0.2, -0.15) is 9.29 Å². The highest BCUT2D eigenvalue weighted by Gasteiger charge is 2.46. The van der Waals surface area contributed by atoms with E-state index < -0.39 is 89.8 Å². The van der Waals surface area contributed by atoms with Crippen LogP contribution in [0.2, 0.25) is 0 Å². The number of nitrogens with two attached hydrogens (primary N) is 1. The number of hydrogen-bond donors (Lipinski definition) is 6. The van der Waals surface area contributed by atoms with Crippen LogP contribution in [0.4, 0.5) is 5.82 Å². The van der Waals surface area contributed by atoms with E-state index in [4.69, 9.17) is 29.0 Å². The number of phosphoric acid groups is 2. The van der Waals surface area contributed by atoms with Gasteiger partial charge in [-0.25, -0.2) is 13.9 Å². The maximum Gasteiger partial charge on any atom is 0.481 e. The third-order valence-electron chi connectivity index (χ3n) is 10.9. The van der Waals surface area contributed by atoms with Crippen LogP contribution < -0.4 is 11.4 Å². The van der Waals surface area contributed by atoms with E-state index in [9.17, 15) is 48.6 Å². The number of aliphatic hydroxyl groups excluding tert-OH is 3. The number of hydrogen-bond acceptors (Lipinski definition) is 16. The van der Waals surface area contributed by atoms with E-state index in [0.717, 1.165) is 62.1 Å². The number of phosphoric ester groups is 2. The fourth-order valence-corrected chi connectivity index (χ4v) is 9.07. The maximum absolute atomic E-state index is 12.8. The molecule has 0 spiro atoms. The van der Waals surface area contributed by atoms with Gasteiger partial charge in [0.1, 0.15) is 30.7 Å². The molecule has 2 heterocycles. The monoisotopic (exact) mass is 1040 g/mol. The summed E-state index contributed by atoms with van der Waals surface area (Å²) < 4.78 is 56.6. The lowest BCUT2D eigenvalue weighted by atomic mass is 10.1. The summed E-state index contributed by atoms with van der Waals surface area (Å²) in [6, 6.07) is 1.24. The SMILES string of the molecule is CC/C=C\C/C=C\CC(O)/C=C/C=C\C/C=C\CCCC(=O)OC[C@H](COP(=O)(O)OP(=O)(O)OC[C@H]1O[C@@H](n2ccc(N)nc2=O)[C@H](O)[C@@H]1O)OC(=O)CCCCCCC/C=C\CCCCCCCC. The van der Waals surface area contributed by atoms with Crippen molar-refractivity contribution in [1.29, 1.82) is 0 Å². The van der Waals surface area contributed by atoms with E-state index >= 15 is 0 Å². The van der Waals surface area contributed by atoms with E-state index in [1.165, 1.54) is 44.6 Å². The van der Waals surface area contributed by atoms with Crippen LogP contribution in [0, 0.1) is 0 Å². The van der Waals surface area contributed by atoms with E-state index in [0.29, 0.717) is 32.1 Å². The number of carbonyl (C=O) groups is 2. The molecule has 21 heteroatoms. The summed E-state index contributed by atoms with van der Waals surface area (Å²) in [5.74, 6) is -1.43. The predicted octanol–water partition coefficient (Wildman–Crippen LogP) is 9.08. The summed E-state index contributed by atoms with van der Waals surface area (Å²) in [5, 5.41) is 31.0. The molecule has 0 aromatic carbocycles. The Kier molecular flexibility index (Phi) is 33.7. The first-order chi connectivity index (χ1) is 34.1. The van der Waals surface area contributed by atoms with Gasteiger partial charge in [0.15, 0.2) is 12.3 Å². The highest BCUT2D eigenvalue weighted by Crippen LogP contribution is 2.60. The Morgan fingerprint density at radius 3 is 2.07 bits per heavy atom. The highest BCUT2D eigenvalue weighted by molar-refractivity contribution is 7.61. The molecular weight excluding hydrogens is 961 g/mol. The molecule has 1 aromatic rings. The Hall–Kier alpha value is -3.84. The number of nitrogens with zero attached hydrogens (tertiary/aromatic N) is 2. The number of aliphatic hydroxyl groups is 3. The fraction of sp³-hybridized carbons (Fsp3) is 0.640. The third-order valence-corrected chi connectivity index (χ3v) is 13.5. The molecule has 0 amide bonds. The molecule has 19 nitrogen and oxygen atoms in total. The summed E-state index contributed by atoms with van der Waals surface area (Å²) in [6.45, 7) is 1.88. The van der Waals surface area contributed by atoms with Crippen molar-refractivity contribution in [2.75, 3.05) is 25.6 Å². The van der Waals surface area contributed by atoms with Gasteiger partial charge in [0.2, 0.25) is 0 Å². The van der Waals surface area contributed by atoms with Gasteiger partial charge >= 0.3 is 33.3 Å². The van der Waals surface area contributed by atoms with Crippen LogP contribution in [0.15, 0.2) is 90.0 Å². The zero-order valence-electron chi connectivity index (χ0n) is 41.6. The molecule has 1 aliphatic rings.